The van der Waals surface area contributed by atoms with Crippen LogP contribution >= 0.6 is 12.4 Å². The molecule has 1 nitrogen and oxygen atoms in total. The Hall–Kier alpha value is 0.193. The fourth-order valence-corrected chi connectivity index (χ4v) is 0.719. The van der Waals surface area contributed by atoms with Crippen LogP contribution in [0.2, 0.25) is 0 Å². The molecule has 0 amide bonds. The molecule has 0 spiro atoms. The van der Waals surface area contributed by atoms with Gasteiger partial charge in [-0.1, -0.05) is 12.1 Å². The van der Waals surface area contributed by atoms with E-state index in [4.69, 9.17) is 5.11 Å². The van der Waals surface area contributed by atoms with E-state index in [1.54, 1.807) is 6.07 Å². The van der Waals surface area contributed by atoms with Gasteiger partial charge in [-0.2, -0.15) is 0 Å². The maximum absolute atomic E-state index is 9.10. The van der Waals surface area contributed by atoms with Gasteiger partial charge in [-0.3, -0.25) is 0 Å². The minimum absolute atomic E-state index is 0. The smallest absolute Gasteiger partial charge is 0.118 e. The fraction of sp³-hybridized carbons (Fsp3) is 0.250. The molecule has 0 aliphatic heterocycles. The topological polar surface area (TPSA) is 20.2 Å². The molecular formula is C8H11ClOZr. The van der Waals surface area contributed by atoms with Crippen LogP contribution in [0.1, 0.15) is 11.1 Å². The number of aromatic hydroxyl groups is 1. The van der Waals surface area contributed by atoms with E-state index in [1.165, 1.54) is 0 Å². The quantitative estimate of drug-likeness (QED) is 0.749. The Balaban J connectivity index is 0. The summed E-state index contributed by atoms with van der Waals surface area (Å²) in [4.78, 5) is 0. The second-order valence-electron chi connectivity index (χ2n) is 2.29. The summed E-state index contributed by atoms with van der Waals surface area (Å²) >= 11 is 0. The molecule has 0 fully saturated rings. The molecule has 11 heavy (non-hydrogen) atoms. The van der Waals surface area contributed by atoms with E-state index in [2.05, 4.69) is 0 Å². The predicted molar refractivity (Wildman–Crippen MR) is 44.8 cm³/mol. The maximum atomic E-state index is 9.10. The average molecular weight is 250 g/mol. The summed E-state index contributed by atoms with van der Waals surface area (Å²) in [5.41, 5.74) is 2.03. The van der Waals surface area contributed by atoms with Gasteiger partial charge in [0.1, 0.15) is 5.75 Å². The summed E-state index contributed by atoms with van der Waals surface area (Å²) in [7, 11) is 0. The van der Waals surface area contributed by atoms with E-state index in [0.717, 1.165) is 11.1 Å². The van der Waals surface area contributed by atoms with Crippen molar-refractivity contribution in [2.45, 2.75) is 13.8 Å². The molecule has 0 saturated carbocycles. The van der Waals surface area contributed by atoms with Crippen LogP contribution in [0.25, 0.3) is 0 Å². The standard InChI is InChI=1S/C8H10O.ClH.Zr/c1-6-3-4-7(2)8(9)5-6;;/h3-5,9H,1-2H3;1H;. The minimum atomic E-state index is 0. The molecule has 3 heteroatoms. The Morgan fingerprint density at radius 1 is 1.18 bits per heavy atom. The molecule has 1 rings (SSSR count). The fourth-order valence-electron chi connectivity index (χ4n) is 0.719. The molecule has 1 aromatic carbocycles. The largest absolute Gasteiger partial charge is 0.508 e. The van der Waals surface area contributed by atoms with Crippen LogP contribution in [-0.4, -0.2) is 5.11 Å². The minimum Gasteiger partial charge on any atom is -0.508 e. The summed E-state index contributed by atoms with van der Waals surface area (Å²) in [6, 6.07) is 5.65. The number of phenols is 1. The first-order valence-corrected chi connectivity index (χ1v) is 2.96. The number of hydrogen-bond acceptors (Lipinski definition) is 1. The van der Waals surface area contributed by atoms with Crippen molar-refractivity contribution in [2.24, 2.45) is 0 Å². The normalized spacial score (nSPS) is 7.82. The van der Waals surface area contributed by atoms with Crippen molar-refractivity contribution in [3.05, 3.63) is 29.3 Å². The van der Waals surface area contributed by atoms with E-state index < -0.39 is 0 Å². The van der Waals surface area contributed by atoms with Crippen molar-refractivity contribution < 1.29 is 31.3 Å². The van der Waals surface area contributed by atoms with Crippen molar-refractivity contribution >= 4 is 12.4 Å². The zero-order valence-corrected chi connectivity index (χ0v) is 9.86. The Morgan fingerprint density at radius 2 is 1.73 bits per heavy atom. The second kappa shape index (κ2) is 5.79. The Bertz CT molecular complexity index is 225. The number of rotatable bonds is 0. The number of hydrogen-bond donors (Lipinski definition) is 1. The molecule has 0 aliphatic rings. The molecular weight excluding hydrogens is 239 g/mol. The molecule has 1 aromatic rings. The van der Waals surface area contributed by atoms with Crippen molar-refractivity contribution in [3.8, 4) is 5.75 Å². The molecule has 0 bridgehead atoms. The zero-order valence-electron chi connectivity index (χ0n) is 6.59. The third kappa shape index (κ3) is 3.93. The van der Waals surface area contributed by atoms with Crippen LogP contribution in [0.5, 0.6) is 5.75 Å². The van der Waals surface area contributed by atoms with Gasteiger partial charge in [-0.25, -0.2) is 0 Å². The van der Waals surface area contributed by atoms with E-state index in [-0.39, 0.29) is 38.6 Å². The van der Waals surface area contributed by atoms with Gasteiger partial charge in [0.2, 0.25) is 0 Å². The summed E-state index contributed by atoms with van der Waals surface area (Å²) in [6.07, 6.45) is 0. The van der Waals surface area contributed by atoms with E-state index in [9.17, 15) is 0 Å². The van der Waals surface area contributed by atoms with Crippen LogP contribution < -0.4 is 0 Å². The van der Waals surface area contributed by atoms with Gasteiger partial charge in [0.05, 0.1) is 0 Å². The van der Waals surface area contributed by atoms with Crippen molar-refractivity contribution in [2.75, 3.05) is 0 Å². The average Bonchev–Trinajstić information content (AvgIpc) is 1.80. The summed E-state index contributed by atoms with van der Waals surface area (Å²) in [5.74, 6) is 0.384. The number of benzene rings is 1. The number of aryl methyl sites for hydroxylation is 2. The third-order valence-corrected chi connectivity index (χ3v) is 1.36. The first-order valence-electron chi connectivity index (χ1n) is 2.96. The van der Waals surface area contributed by atoms with Gasteiger partial charge >= 0.3 is 0 Å². The van der Waals surface area contributed by atoms with Gasteiger partial charge in [0.25, 0.3) is 0 Å². The predicted octanol–water partition coefficient (Wildman–Crippen LogP) is 2.43. The van der Waals surface area contributed by atoms with E-state index in [0.29, 0.717) is 5.75 Å². The first-order chi connectivity index (χ1) is 4.20. The van der Waals surface area contributed by atoms with Crippen LogP contribution in [-0.2, 0) is 26.2 Å². The third-order valence-electron chi connectivity index (χ3n) is 1.36. The molecule has 0 unspecified atom stereocenters. The molecule has 1 N–H and O–H groups in total. The zero-order chi connectivity index (χ0) is 6.85. The summed E-state index contributed by atoms with van der Waals surface area (Å²) in [5, 5.41) is 9.10. The molecule has 0 saturated heterocycles. The Labute approximate surface area is 92.4 Å². The van der Waals surface area contributed by atoms with Crippen LogP contribution in [0.15, 0.2) is 18.2 Å². The van der Waals surface area contributed by atoms with Gasteiger partial charge in [-0.15, -0.1) is 12.4 Å². The monoisotopic (exact) mass is 248 g/mol. The van der Waals surface area contributed by atoms with Crippen molar-refractivity contribution in [1.29, 1.82) is 0 Å². The summed E-state index contributed by atoms with van der Waals surface area (Å²) < 4.78 is 0. The SMILES string of the molecule is Cc1ccc(C)c(O)c1.Cl.[Zr]. The van der Waals surface area contributed by atoms with Gasteiger partial charge in [-0.05, 0) is 31.0 Å². The Morgan fingerprint density at radius 3 is 2.09 bits per heavy atom. The number of phenolic OH excluding ortho intramolecular Hbond substituents is 1. The second-order valence-corrected chi connectivity index (χ2v) is 2.29. The van der Waals surface area contributed by atoms with E-state index in [1.807, 2.05) is 26.0 Å². The van der Waals surface area contributed by atoms with Crippen LogP contribution in [0.3, 0.4) is 0 Å². The first kappa shape index (κ1) is 13.8. The van der Waals surface area contributed by atoms with Gasteiger partial charge in [0, 0.05) is 26.2 Å². The molecule has 0 aliphatic carbocycles. The molecule has 0 radical (unpaired) electrons. The van der Waals surface area contributed by atoms with Crippen LogP contribution in [0, 0.1) is 13.8 Å². The maximum Gasteiger partial charge on any atom is 0.118 e. The summed E-state index contributed by atoms with van der Waals surface area (Å²) in [6.45, 7) is 3.84. The molecule has 0 aromatic heterocycles. The van der Waals surface area contributed by atoms with Crippen molar-refractivity contribution in [1.82, 2.24) is 0 Å². The van der Waals surface area contributed by atoms with Gasteiger partial charge < -0.3 is 5.11 Å². The Kier molecular flexibility index (Phi) is 7.25. The molecule has 0 heterocycles. The number of halogens is 1. The van der Waals surface area contributed by atoms with Gasteiger partial charge in [0.15, 0.2) is 0 Å². The van der Waals surface area contributed by atoms with E-state index >= 15 is 0 Å². The van der Waals surface area contributed by atoms with Crippen molar-refractivity contribution in [3.63, 3.8) is 0 Å². The molecule has 0 atom stereocenters. The van der Waals surface area contributed by atoms with Crippen LogP contribution in [0.4, 0.5) is 0 Å². The molecule has 60 valence electrons.